The molecule has 1 N–H and O–H groups in total. The minimum atomic E-state index is -0.143. The fourth-order valence-corrected chi connectivity index (χ4v) is 2.09. The molecule has 1 aromatic rings. The molecule has 0 aliphatic heterocycles. The van der Waals surface area contributed by atoms with Gasteiger partial charge < -0.3 is 14.7 Å². The van der Waals surface area contributed by atoms with Crippen molar-refractivity contribution in [3.8, 4) is 5.75 Å². The monoisotopic (exact) mass is 251 g/mol. The SMILES string of the molecule is COc1c(C)c(C)cc(C)c1N(C)C(=O)CCO. The molecule has 0 radical (unpaired) electrons. The van der Waals surface area contributed by atoms with Crippen LogP contribution in [0.2, 0.25) is 0 Å². The Bertz CT molecular complexity index is 455. The number of hydrogen-bond donors (Lipinski definition) is 1. The molecule has 0 aromatic heterocycles. The van der Waals surface area contributed by atoms with Gasteiger partial charge in [-0.15, -0.1) is 0 Å². The van der Waals surface area contributed by atoms with Crippen molar-refractivity contribution in [1.82, 2.24) is 0 Å². The van der Waals surface area contributed by atoms with E-state index in [4.69, 9.17) is 9.84 Å². The number of anilines is 1. The number of aliphatic hydroxyl groups excluding tert-OH is 1. The molecule has 4 nitrogen and oxygen atoms in total. The maximum Gasteiger partial charge on any atom is 0.229 e. The van der Waals surface area contributed by atoms with Gasteiger partial charge in [0.25, 0.3) is 0 Å². The average molecular weight is 251 g/mol. The molecule has 0 aliphatic carbocycles. The highest BCUT2D eigenvalue weighted by atomic mass is 16.5. The van der Waals surface area contributed by atoms with Crippen molar-refractivity contribution in [1.29, 1.82) is 0 Å². The molecule has 0 aliphatic rings. The van der Waals surface area contributed by atoms with Gasteiger partial charge in [-0.1, -0.05) is 6.07 Å². The van der Waals surface area contributed by atoms with Crippen molar-refractivity contribution >= 4 is 11.6 Å². The molecule has 100 valence electrons. The number of nitrogens with zero attached hydrogens (tertiary/aromatic N) is 1. The van der Waals surface area contributed by atoms with E-state index in [0.717, 1.165) is 28.1 Å². The number of carbonyl (C=O) groups excluding carboxylic acids is 1. The highest BCUT2D eigenvalue weighted by Crippen LogP contribution is 2.36. The molecule has 1 aromatic carbocycles. The average Bonchev–Trinajstić information content (AvgIpc) is 2.32. The summed E-state index contributed by atoms with van der Waals surface area (Å²) in [5.41, 5.74) is 3.93. The number of ether oxygens (including phenoxy) is 1. The molecular weight excluding hydrogens is 230 g/mol. The second-order valence-corrected chi connectivity index (χ2v) is 4.44. The largest absolute Gasteiger partial charge is 0.494 e. The fraction of sp³-hybridized carbons (Fsp3) is 0.500. The molecule has 0 heterocycles. The molecule has 0 bridgehead atoms. The normalized spacial score (nSPS) is 10.3. The zero-order valence-corrected chi connectivity index (χ0v) is 11.7. The van der Waals surface area contributed by atoms with Gasteiger partial charge in [0, 0.05) is 7.05 Å². The summed E-state index contributed by atoms with van der Waals surface area (Å²) in [6, 6.07) is 2.04. The van der Waals surface area contributed by atoms with Crippen LogP contribution in [0.5, 0.6) is 5.75 Å². The van der Waals surface area contributed by atoms with Crippen LogP contribution in [0, 0.1) is 20.8 Å². The maximum absolute atomic E-state index is 11.9. The van der Waals surface area contributed by atoms with Gasteiger partial charge in [0.15, 0.2) is 0 Å². The van der Waals surface area contributed by atoms with Crippen LogP contribution in [0.3, 0.4) is 0 Å². The number of amides is 1. The summed E-state index contributed by atoms with van der Waals surface area (Å²) in [7, 11) is 3.31. The Morgan fingerprint density at radius 1 is 1.33 bits per heavy atom. The standard InChI is InChI=1S/C14H21NO3/c1-9-8-10(2)13(14(18-5)11(9)3)15(4)12(17)6-7-16/h8,16H,6-7H2,1-5H3. The second kappa shape index (κ2) is 5.87. The Balaban J connectivity index is 3.31. The Morgan fingerprint density at radius 2 is 1.94 bits per heavy atom. The van der Waals surface area contributed by atoms with E-state index in [1.165, 1.54) is 0 Å². The van der Waals surface area contributed by atoms with Crippen LogP contribution in [-0.4, -0.2) is 31.8 Å². The summed E-state index contributed by atoms with van der Waals surface area (Å²) in [6.45, 7) is 5.80. The maximum atomic E-state index is 11.9. The highest BCUT2D eigenvalue weighted by molar-refractivity contribution is 5.95. The van der Waals surface area contributed by atoms with Crippen molar-refractivity contribution in [2.75, 3.05) is 25.7 Å². The van der Waals surface area contributed by atoms with E-state index in [1.54, 1.807) is 19.1 Å². The van der Waals surface area contributed by atoms with Crippen molar-refractivity contribution in [2.24, 2.45) is 0 Å². The van der Waals surface area contributed by atoms with Crippen LogP contribution in [0.15, 0.2) is 6.07 Å². The van der Waals surface area contributed by atoms with Gasteiger partial charge in [-0.2, -0.15) is 0 Å². The van der Waals surface area contributed by atoms with E-state index in [2.05, 4.69) is 0 Å². The van der Waals surface area contributed by atoms with Crippen LogP contribution >= 0.6 is 0 Å². The Morgan fingerprint density at radius 3 is 2.44 bits per heavy atom. The zero-order chi connectivity index (χ0) is 13.9. The van der Waals surface area contributed by atoms with Gasteiger partial charge in [0.05, 0.1) is 25.8 Å². The van der Waals surface area contributed by atoms with Crippen molar-refractivity contribution in [3.05, 3.63) is 22.8 Å². The third-order valence-electron chi connectivity index (χ3n) is 3.19. The fourth-order valence-electron chi connectivity index (χ4n) is 2.09. The van der Waals surface area contributed by atoms with Crippen molar-refractivity contribution in [2.45, 2.75) is 27.2 Å². The number of aryl methyl sites for hydroxylation is 2. The van der Waals surface area contributed by atoms with Crippen molar-refractivity contribution in [3.63, 3.8) is 0 Å². The molecule has 0 fully saturated rings. The summed E-state index contributed by atoms with van der Waals surface area (Å²) in [5.74, 6) is 0.600. The summed E-state index contributed by atoms with van der Waals surface area (Å²) in [5, 5.41) is 8.85. The van der Waals surface area contributed by atoms with Gasteiger partial charge in [-0.05, 0) is 37.5 Å². The lowest BCUT2D eigenvalue weighted by Crippen LogP contribution is -2.28. The van der Waals surface area contributed by atoms with Gasteiger partial charge in [-0.3, -0.25) is 4.79 Å². The van der Waals surface area contributed by atoms with Gasteiger partial charge in [-0.25, -0.2) is 0 Å². The van der Waals surface area contributed by atoms with E-state index >= 15 is 0 Å². The molecule has 1 amide bonds. The Kier molecular flexibility index (Phi) is 4.73. The molecule has 0 saturated carbocycles. The third-order valence-corrected chi connectivity index (χ3v) is 3.19. The Hall–Kier alpha value is -1.55. The minimum Gasteiger partial charge on any atom is -0.494 e. The minimum absolute atomic E-state index is 0.117. The number of hydrogen-bond acceptors (Lipinski definition) is 3. The van der Waals surface area contributed by atoms with Crippen molar-refractivity contribution < 1.29 is 14.6 Å². The summed E-state index contributed by atoms with van der Waals surface area (Å²) >= 11 is 0. The van der Waals surface area contributed by atoms with Gasteiger partial charge >= 0.3 is 0 Å². The number of aliphatic hydroxyl groups is 1. The second-order valence-electron chi connectivity index (χ2n) is 4.44. The lowest BCUT2D eigenvalue weighted by molar-refractivity contribution is -0.118. The molecule has 0 spiro atoms. The smallest absolute Gasteiger partial charge is 0.229 e. The van der Waals surface area contributed by atoms with E-state index in [1.807, 2.05) is 26.8 Å². The lowest BCUT2D eigenvalue weighted by atomic mass is 10.0. The number of carbonyl (C=O) groups is 1. The Labute approximate surface area is 108 Å². The van der Waals surface area contributed by atoms with Crippen LogP contribution in [-0.2, 0) is 4.79 Å². The van der Waals surface area contributed by atoms with E-state index in [0.29, 0.717) is 0 Å². The highest BCUT2D eigenvalue weighted by Gasteiger charge is 2.19. The first-order valence-electron chi connectivity index (χ1n) is 5.96. The first-order valence-corrected chi connectivity index (χ1v) is 5.96. The molecule has 4 heteroatoms. The lowest BCUT2D eigenvalue weighted by Gasteiger charge is -2.24. The van der Waals surface area contributed by atoms with E-state index < -0.39 is 0 Å². The van der Waals surface area contributed by atoms with Crippen LogP contribution in [0.1, 0.15) is 23.1 Å². The topological polar surface area (TPSA) is 49.8 Å². The molecule has 1 rings (SSSR count). The molecule has 0 unspecified atom stereocenters. The number of methoxy groups -OCH3 is 1. The van der Waals surface area contributed by atoms with Gasteiger partial charge in [0.1, 0.15) is 5.75 Å². The molecule has 18 heavy (non-hydrogen) atoms. The van der Waals surface area contributed by atoms with E-state index in [-0.39, 0.29) is 18.9 Å². The first kappa shape index (κ1) is 14.5. The third kappa shape index (κ3) is 2.64. The summed E-state index contributed by atoms with van der Waals surface area (Å²) in [4.78, 5) is 13.4. The van der Waals surface area contributed by atoms with Crippen LogP contribution in [0.4, 0.5) is 5.69 Å². The predicted molar refractivity (Wildman–Crippen MR) is 72.3 cm³/mol. The van der Waals surface area contributed by atoms with E-state index in [9.17, 15) is 4.79 Å². The zero-order valence-electron chi connectivity index (χ0n) is 11.7. The van der Waals surface area contributed by atoms with Crippen LogP contribution < -0.4 is 9.64 Å². The number of benzene rings is 1. The van der Waals surface area contributed by atoms with Crippen LogP contribution in [0.25, 0.3) is 0 Å². The summed E-state index contributed by atoms with van der Waals surface area (Å²) < 4.78 is 5.43. The number of rotatable bonds is 4. The molecular formula is C14H21NO3. The molecule has 0 saturated heterocycles. The summed E-state index contributed by atoms with van der Waals surface area (Å²) in [6.07, 6.45) is 0.117. The van der Waals surface area contributed by atoms with Gasteiger partial charge in [0.2, 0.25) is 5.91 Å². The quantitative estimate of drug-likeness (QED) is 0.890. The predicted octanol–water partition coefficient (Wildman–Crippen LogP) is 1.97. The first-order chi connectivity index (χ1) is 8.43. The molecule has 0 atom stereocenters.